The number of hydrogen-bond acceptors (Lipinski definition) is 5. The zero-order valence-corrected chi connectivity index (χ0v) is 18.9. The maximum Gasteiger partial charge on any atom is 0.294 e. The Morgan fingerprint density at radius 3 is 2.46 bits per heavy atom. The molecule has 0 aliphatic carbocycles. The minimum Gasteiger partial charge on any atom is -0.487 e. The molecule has 0 N–H and O–H groups in total. The Morgan fingerprint density at radius 1 is 1.21 bits per heavy atom. The summed E-state index contributed by atoms with van der Waals surface area (Å²) in [7, 11) is 0. The molecular weight excluding hydrogens is 512 g/mol. The van der Waals surface area contributed by atoms with Crippen molar-refractivity contribution in [3.8, 4) is 5.75 Å². The molecule has 3 rings (SSSR count). The molecule has 1 aromatic rings. The van der Waals surface area contributed by atoms with Crippen LogP contribution in [-0.2, 0) is 9.59 Å². The quantitative estimate of drug-likeness (QED) is 0.402. The number of benzene rings is 1. The molecule has 0 aromatic heterocycles. The maximum absolute atomic E-state index is 12.6. The van der Waals surface area contributed by atoms with Gasteiger partial charge in [0.2, 0.25) is 5.91 Å². The first-order valence-electron chi connectivity index (χ1n) is 8.66. The molecule has 2 fully saturated rings. The highest BCUT2D eigenvalue weighted by molar-refractivity contribution is 9.11. The van der Waals surface area contributed by atoms with E-state index < -0.39 is 11.1 Å². The van der Waals surface area contributed by atoms with E-state index in [0.717, 1.165) is 35.1 Å². The van der Waals surface area contributed by atoms with Crippen molar-refractivity contribution in [2.45, 2.75) is 12.8 Å². The third kappa shape index (κ3) is 4.69. The second-order valence-corrected chi connectivity index (χ2v) is 8.97. The monoisotopic (exact) mass is 528 g/mol. The Labute approximate surface area is 184 Å². The first kappa shape index (κ1) is 21.1. The number of amides is 3. The molecule has 0 spiro atoms. The topological polar surface area (TPSA) is 66.9 Å². The summed E-state index contributed by atoms with van der Waals surface area (Å²) in [5.41, 5.74) is 0.723. The molecule has 9 heteroatoms. The first-order valence-corrected chi connectivity index (χ1v) is 11.1. The van der Waals surface area contributed by atoms with Crippen molar-refractivity contribution in [1.29, 1.82) is 0 Å². The molecule has 2 saturated heterocycles. The van der Waals surface area contributed by atoms with Crippen LogP contribution in [0.4, 0.5) is 4.79 Å². The van der Waals surface area contributed by atoms with E-state index in [1.165, 1.54) is 0 Å². The number of ether oxygens (including phenoxy) is 1. The molecule has 2 aliphatic rings. The predicted molar refractivity (Wildman–Crippen MR) is 116 cm³/mol. The third-order valence-corrected chi connectivity index (χ3v) is 6.38. The summed E-state index contributed by atoms with van der Waals surface area (Å²) >= 11 is 7.74. The van der Waals surface area contributed by atoms with Crippen molar-refractivity contribution in [3.05, 3.63) is 44.2 Å². The number of nitrogens with zero attached hydrogens (tertiary/aromatic N) is 2. The summed E-state index contributed by atoms with van der Waals surface area (Å²) in [4.78, 5) is 40.2. The second-order valence-electron chi connectivity index (χ2n) is 6.27. The average Bonchev–Trinajstić information content (AvgIpc) is 3.26. The van der Waals surface area contributed by atoms with Gasteiger partial charge in [0.25, 0.3) is 11.1 Å². The van der Waals surface area contributed by atoms with E-state index >= 15 is 0 Å². The molecule has 2 heterocycles. The molecule has 0 atom stereocenters. The van der Waals surface area contributed by atoms with Crippen molar-refractivity contribution in [2.24, 2.45) is 0 Å². The van der Waals surface area contributed by atoms with Gasteiger partial charge in [0.1, 0.15) is 18.9 Å². The van der Waals surface area contributed by atoms with Crippen LogP contribution in [0.2, 0.25) is 0 Å². The van der Waals surface area contributed by atoms with Gasteiger partial charge in [-0.15, -0.1) is 0 Å². The van der Waals surface area contributed by atoms with Gasteiger partial charge >= 0.3 is 0 Å². The van der Waals surface area contributed by atoms with Crippen LogP contribution in [0.25, 0.3) is 6.08 Å². The van der Waals surface area contributed by atoms with Crippen LogP contribution in [0.1, 0.15) is 18.4 Å². The van der Waals surface area contributed by atoms with Crippen LogP contribution in [-0.4, -0.2) is 53.1 Å². The predicted octanol–water partition coefficient (Wildman–Crippen LogP) is 4.44. The van der Waals surface area contributed by atoms with Crippen molar-refractivity contribution in [1.82, 2.24) is 9.80 Å². The standard InChI is InChI=1S/C19H18Br2N2O4S/c1-2-7-27-17-13(20)8-12(9-14(17)21)10-15-18(25)23(19(26)28-15)11-16(24)22-5-3-4-6-22/h2,8-10H,1,3-7,11H2/b15-10-. The largest absolute Gasteiger partial charge is 0.487 e. The van der Waals surface area contributed by atoms with E-state index in [4.69, 9.17) is 4.74 Å². The van der Waals surface area contributed by atoms with Crippen molar-refractivity contribution in [2.75, 3.05) is 26.2 Å². The molecule has 2 aliphatic heterocycles. The van der Waals surface area contributed by atoms with E-state index in [9.17, 15) is 14.4 Å². The normalized spacial score (nSPS) is 18.3. The summed E-state index contributed by atoms with van der Waals surface area (Å²) in [5, 5.41) is -0.423. The highest BCUT2D eigenvalue weighted by atomic mass is 79.9. The summed E-state index contributed by atoms with van der Waals surface area (Å²) in [5.74, 6) is -0.00148. The summed E-state index contributed by atoms with van der Waals surface area (Å²) in [6.07, 6.45) is 5.21. The van der Waals surface area contributed by atoms with E-state index in [-0.39, 0.29) is 17.4 Å². The number of imide groups is 1. The van der Waals surface area contributed by atoms with E-state index in [1.54, 1.807) is 29.2 Å². The molecular formula is C19H18Br2N2O4S. The van der Waals surface area contributed by atoms with Crippen molar-refractivity contribution < 1.29 is 19.1 Å². The third-order valence-electron chi connectivity index (χ3n) is 4.29. The molecule has 28 heavy (non-hydrogen) atoms. The van der Waals surface area contributed by atoms with Gasteiger partial charge in [-0.25, -0.2) is 0 Å². The number of carbonyl (C=O) groups is 3. The molecule has 0 bridgehead atoms. The Hall–Kier alpha value is -1.58. The lowest BCUT2D eigenvalue weighted by molar-refractivity contribution is -0.135. The van der Waals surface area contributed by atoms with Crippen LogP contribution in [0.5, 0.6) is 5.75 Å². The highest BCUT2D eigenvalue weighted by Gasteiger charge is 2.37. The molecule has 0 radical (unpaired) electrons. The van der Waals surface area contributed by atoms with Gasteiger partial charge in [-0.05, 0) is 80.2 Å². The van der Waals surface area contributed by atoms with Crippen LogP contribution in [0.3, 0.4) is 0 Å². The summed E-state index contributed by atoms with van der Waals surface area (Å²) in [6.45, 7) is 5.15. The van der Waals surface area contributed by atoms with Crippen LogP contribution in [0, 0.1) is 0 Å². The molecule has 6 nitrogen and oxygen atoms in total. The Balaban J connectivity index is 1.76. The lowest BCUT2D eigenvalue weighted by Crippen LogP contribution is -2.40. The smallest absolute Gasteiger partial charge is 0.294 e. The number of halogens is 2. The zero-order chi connectivity index (χ0) is 20.3. The summed E-state index contributed by atoms with van der Waals surface area (Å²) in [6, 6.07) is 3.60. The summed E-state index contributed by atoms with van der Waals surface area (Å²) < 4.78 is 6.99. The van der Waals surface area contributed by atoms with Crippen LogP contribution < -0.4 is 4.74 Å². The van der Waals surface area contributed by atoms with E-state index in [1.807, 2.05) is 0 Å². The Morgan fingerprint density at radius 2 is 1.86 bits per heavy atom. The highest BCUT2D eigenvalue weighted by Crippen LogP contribution is 2.37. The number of carbonyl (C=O) groups excluding carboxylic acids is 3. The van der Waals surface area contributed by atoms with Crippen LogP contribution >= 0.6 is 43.6 Å². The van der Waals surface area contributed by atoms with Gasteiger partial charge in [-0.1, -0.05) is 12.7 Å². The van der Waals surface area contributed by atoms with Gasteiger partial charge in [-0.2, -0.15) is 0 Å². The van der Waals surface area contributed by atoms with Gasteiger partial charge in [-0.3, -0.25) is 19.3 Å². The van der Waals surface area contributed by atoms with Crippen molar-refractivity contribution >= 4 is 66.8 Å². The van der Waals surface area contributed by atoms with Gasteiger partial charge in [0.05, 0.1) is 13.9 Å². The molecule has 0 saturated carbocycles. The molecule has 0 unspecified atom stereocenters. The van der Waals surface area contributed by atoms with Gasteiger partial charge < -0.3 is 9.64 Å². The minimum atomic E-state index is -0.443. The number of likely N-dealkylation sites (tertiary alicyclic amines) is 1. The molecule has 1 aromatic carbocycles. The lowest BCUT2D eigenvalue weighted by atomic mass is 10.2. The fourth-order valence-electron chi connectivity index (χ4n) is 2.93. The Bertz CT molecular complexity index is 842. The molecule has 3 amide bonds. The first-order chi connectivity index (χ1) is 13.4. The van der Waals surface area contributed by atoms with Crippen LogP contribution in [0.15, 0.2) is 38.6 Å². The maximum atomic E-state index is 12.6. The number of hydrogen-bond donors (Lipinski definition) is 0. The number of rotatable bonds is 6. The van der Waals surface area contributed by atoms with Crippen molar-refractivity contribution in [3.63, 3.8) is 0 Å². The van der Waals surface area contributed by atoms with E-state index in [0.29, 0.717) is 34.4 Å². The second kappa shape index (κ2) is 9.28. The molecule has 148 valence electrons. The fourth-order valence-corrected chi connectivity index (χ4v) is 5.22. The SMILES string of the molecule is C=CCOc1c(Br)cc(/C=C2\SC(=O)N(CC(=O)N3CCCC3)C2=O)cc1Br. The van der Waals surface area contributed by atoms with Gasteiger partial charge in [0.15, 0.2) is 0 Å². The number of thioether (sulfide) groups is 1. The Kier molecular flexibility index (Phi) is 7.00. The minimum absolute atomic E-state index is 0.185. The lowest BCUT2D eigenvalue weighted by Gasteiger charge is -2.18. The van der Waals surface area contributed by atoms with E-state index in [2.05, 4.69) is 38.4 Å². The van der Waals surface area contributed by atoms with Gasteiger partial charge in [0, 0.05) is 13.1 Å². The average molecular weight is 530 g/mol. The zero-order valence-electron chi connectivity index (χ0n) is 15.0. The fraction of sp³-hybridized carbons (Fsp3) is 0.316.